The molecule has 5 nitrogen and oxygen atoms in total. The van der Waals surface area contributed by atoms with E-state index in [0.29, 0.717) is 25.5 Å². The second-order valence-electron chi connectivity index (χ2n) is 5.77. The number of methoxy groups -OCH3 is 1. The van der Waals surface area contributed by atoms with Gasteiger partial charge in [-0.1, -0.05) is 24.3 Å². The highest BCUT2D eigenvalue weighted by atomic mass is 16.5. The molecule has 2 heterocycles. The van der Waals surface area contributed by atoms with Gasteiger partial charge in [-0.2, -0.15) is 0 Å². The molecule has 1 amide bonds. The lowest BCUT2D eigenvalue weighted by atomic mass is 9.97. The number of rotatable bonds is 6. The highest BCUT2D eigenvalue weighted by Gasteiger charge is 2.29. The number of aromatic nitrogens is 2. The molecule has 1 atom stereocenters. The Labute approximate surface area is 130 Å². The molecule has 0 unspecified atom stereocenters. The summed E-state index contributed by atoms with van der Waals surface area (Å²) in [5, 5.41) is 0. The maximum atomic E-state index is 11.9. The first-order valence-electron chi connectivity index (χ1n) is 7.60. The molecule has 0 aliphatic carbocycles. The van der Waals surface area contributed by atoms with Crippen LogP contribution in [0, 0.1) is 5.92 Å². The minimum absolute atomic E-state index is 0.246. The standard InChI is InChI=1S/C17H21N3O2/c1-22-7-6-20-11-14(9-17(20)21)8-13-2-4-15(5-3-13)16-10-18-12-19-16/h2-5,10,12,14H,6-9,11H2,1H3,(H,18,19)/t14-/m0/s1. The van der Waals surface area contributed by atoms with E-state index in [-0.39, 0.29) is 5.91 Å². The zero-order valence-electron chi connectivity index (χ0n) is 12.8. The molecule has 1 aliphatic heterocycles. The average molecular weight is 299 g/mol. The number of likely N-dealkylation sites (tertiary alicyclic amines) is 1. The molecule has 0 radical (unpaired) electrons. The van der Waals surface area contributed by atoms with Crippen molar-refractivity contribution in [3.05, 3.63) is 42.4 Å². The predicted octanol–water partition coefficient (Wildman–Crippen LogP) is 2.11. The summed E-state index contributed by atoms with van der Waals surface area (Å²) >= 11 is 0. The van der Waals surface area contributed by atoms with Crippen molar-refractivity contribution in [3.63, 3.8) is 0 Å². The Morgan fingerprint density at radius 2 is 2.18 bits per heavy atom. The fourth-order valence-corrected chi connectivity index (χ4v) is 2.98. The van der Waals surface area contributed by atoms with Crippen LogP contribution in [0.4, 0.5) is 0 Å². The molecule has 1 N–H and O–H groups in total. The van der Waals surface area contributed by atoms with Crippen molar-refractivity contribution in [1.82, 2.24) is 14.9 Å². The smallest absolute Gasteiger partial charge is 0.223 e. The fraction of sp³-hybridized carbons (Fsp3) is 0.412. The highest BCUT2D eigenvalue weighted by molar-refractivity contribution is 5.78. The summed E-state index contributed by atoms with van der Waals surface area (Å²) in [4.78, 5) is 21.0. The van der Waals surface area contributed by atoms with Crippen LogP contribution in [0.5, 0.6) is 0 Å². The first-order valence-corrected chi connectivity index (χ1v) is 7.60. The molecule has 3 rings (SSSR count). The molecule has 1 aromatic carbocycles. The third kappa shape index (κ3) is 3.36. The average Bonchev–Trinajstić information content (AvgIpc) is 3.16. The minimum atomic E-state index is 0.246. The number of aromatic amines is 1. The Balaban J connectivity index is 1.58. The van der Waals surface area contributed by atoms with Crippen molar-refractivity contribution in [3.8, 4) is 11.3 Å². The summed E-state index contributed by atoms with van der Waals surface area (Å²) in [5.74, 6) is 0.651. The number of carbonyl (C=O) groups is 1. The van der Waals surface area contributed by atoms with Crippen LogP contribution in [-0.2, 0) is 16.0 Å². The molecule has 5 heteroatoms. The van der Waals surface area contributed by atoms with E-state index in [1.165, 1.54) is 5.56 Å². The van der Waals surface area contributed by atoms with Gasteiger partial charge in [0.25, 0.3) is 0 Å². The van der Waals surface area contributed by atoms with Gasteiger partial charge in [-0.25, -0.2) is 4.98 Å². The van der Waals surface area contributed by atoms with Crippen molar-refractivity contribution in [1.29, 1.82) is 0 Å². The second-order valence-corrected chi connectivity index (χ2v) is 5.77. The number of imidazole rings is 1. The fourth-order valence-electron chi connectivity index (χ4n) is 2.98. The lowest BCUT2D eigenvalue weighted by Gasteiger charge is -2.16. The van der Waals surface area contributed by atoms with Gasteiger partial charge in [0, 0.05) is 26.6 Å². The van der Waals surface area contributed by atoms with E-state index < -0.39 is 0 Å². The molecule has 1 aromatic heterocycles. The van der Waals surface area contributed by atoms with E-state index in [1.807, 2.05) is 11.1 Å². The topological polar surface area (TPSA) is 58.2 Å². The molecule has 2 aromatic rings. The van der Waals surface area contributed by atoms with Crippen LogP contribution in [-0.4, -0.2) is 47.6 Å². The highest BCUT2D eigenvalue weighted by Crippen LogP contribution is 2.23. The van der Waals surface area contributed by atoms with E-state index in [0.717, 1.165) is 24.2 Å². The number of benzene rings is 1. The van der Waals surface area contributed by atoms with Crippen LogP contribution in [0.15, 0.2) is 36.8 Å². The van der Waals surface area contributed by atoms with Crippen molar-refractivity contribution in [2.45, 2.75) is 12.8 Å². The van der Waals surface area contributed by atoms with Gasteiger partial charge in [-0.3, -0.25) is 4.79 Å². The van der Waals surface area contributed by atoms with Crippen LogP contribution in [0.3, 0.4) is 0 Å². The van der Waals surface area contributed by atoms with Crippen LogP contribution in [0.1, 0.15) is 12.0 Å². The number of nitrogens with one attached hydrogen (secondary N) is 1. The van der Waals surface area contributed by atoms with Gasteiger partial charge < -0.3 is 14.6 Å². The summed E-state index contributed by atoms with van der Waals surface area (Å²) in [5.41, 5.74) is 3.42. The number of H-pyrrole nitrogens is 1. The molecule has 22 heavy (non-hydrogen) atoms. The Kier molecular flexibility index (Phi) is 4.53. The maximum Gasteiger partial charge on any atom is 0.223 e. The van der Waals surface area contributed by atoms with Gasteiger partial charge >= 0.3 is 0 Å². The third-order valence-corrected chi connectivity index (χ3v) is 4.15. The monoisotopic (exact) mass is 299 g/mol. The Morgan fingerprint density at radius 1 is 1.36 bits per heavy atom. The number of hydrogen-bond acceptors (Lipinski definition) is 3. The second kappa shape index (κ2) is 6.75. The van der Waals surface area contributed by atoms with Crippen LogP contribution in [0.25, 0.3) is 11.3 Å². The Hall–Kier alpha value is -2.14. The Bertz CT molecular complexity index is 607. The zero-order valence-corrected chi connectivity index (χ0v) is 12.8. The van der Waals surface area contributed by atoms with Gasteiger partial charge in [-0.15, -0.1) is 0 Å². The Morgan fingerprint density at radius 3 is 2.86 bits per heavy atom. The first-order chi connectivity index (χ1) is 10.8. The molecule has 0 spiro atoms. The zero-order chi connectivity index (χ0) is 15.4. The normalized spacial score (nSPS) is 18.1. The SMILES string of the molecule is COCCN1C[C@@H](Cc2ccc(-c3cnc[nH]3)cc2)CC1=O. The lowest BCUT2D eigenvalue weighted by Crippen LogP contribution is -2.28. The molecule has 1 fully saturated rings. The molecule has 1 saturated heterocycles. The summed E-state index contributed by atoms with van der Waals surface area (Å²) < 4.78 is 5.05. The molecule has 0 saturated carbocycles. The van der Waals surface area contributed by atoms with Gasteiger partial charge in [0.15, 0.2) is 0 Å². The van der Waals surface area contributed by atoms with Gasteiger partial charge in [-0.05, 0) is 23.5 Å². The molecule has 0 bridgehead atoms. The quantitative estimate of drug-likeness (QED) is 0.889. The van der Waals surface area contributed by atoms with Crippen molar-refractivity contribution in [2.75, 3.05) is 26.8 Å². The van der Waals surface area contributed by atoms with Crippen LogP contribution >= 0.6 is 0 Å². The molecule has 1 aliphatic rings. The number of carbonyl (C=O) groups excluding carboxylic acids is 1. The largest absolute Gasteiger partial charge is 0.383 e. The predicted molar refractivity (Wildman–Crippen MR) is 84.3 cm³/mol. The summed E-state index contributed by atoms with van der Waals surface area (Å²) in [6, 6.07) is 8.47. The van der Waals surface area contributed by atoms with Gasteiger partial charge in [0.05, 0.1) is 24.8 Å². The summed E-state index contributed by atoms with van der Waals surface area (Å²) in [6.45, 7) is 2.15. The van der Waals surface area contributed by atoms with E-state index >= 15 is 0 Å². The summed E-state index contributed by atoms with van der Waals surface area (Å²) in [6.07, 6.45) is 5.09. The van der Waals surface area contributed by atoms with E-state index in [1.54, 1.807) is 13.4 Å². The van der Waals surface area contributed by atoms with Gasteiger partial charge in [0.2, 0.25) is 5.91 Å². The number of hydrogen-bond donors (Lipinski definition) is 1. The van der Waals surface area contributed by atoms with Crippen molar-refractivity contribution >= 4 is 5.91 Å². The molecule has 116 valence electrons. The lowest BCUT2D eigenvalue weighted by molar-refractivity contribution is -0.128. The van der Waals surface area contributed by atoms with E-state index in [2.05, 4.69) is 34.2 Å². The van der Waals surface area contributed by atoms with Crippen LogP contribution in [0.2, 0.25) is 0 Å². The maximum absolute atomic E-state index is 11.9. The van der Waals surface area contributed by atoms with Crippen molar-refractivity contribution in [2.24, 2.45) is 5.92 Å². The summed E-state index contributed by atoms with van der Waals surface area (Å²) in [7, 11) is 1.67. The molecular formula is C17H21N3O2. The molecular weight excluding hydrogens is 278 g/mol. The van der Waals surface area contributed by atoms with E-state index in [4.69, 9.17) is 4.74 Å². The third-order valence-electron chi connectivity index (χ3n) is 4.15. The number of ether oxygens (including phenoxy) is 1. The van der Waals surface area contributed by atoms with Gasteiger partial charge in [0.1, 0.15) is 0 Å². The van der Waals surface area contributed by atoms with Crippen molar-refractivity contribution < 1.29 is 9.53 Å². The van der Waals surface area contributed by atoms with Crippen LogP contribution < -0.4 is 0 Å². The number of nitrogens with zero attached hydrogens (tertiary/aromatic N) is 2. The first kappa shape index (κ1) is 14.8. The minimum Gasteiger partial charge on any atom is -0.383 e. The van der Waals surface area contributed by atoms with E-state index in [9.17, 15) is 4.79 Å². The number of amides is 1.